The van der Waals surface area contributed by atoms with E-state index in [1.807, 2.05) is 30.3 Å². The van der Waals surface area contributed by atoms with Crippen molar-refractivity contribution in [1.29, 1.82) is 0 Å². The van der Waals surface area contributed by atoms with Crippen molar-refractivity contribution in [3.63, 3.8) is 0 Å². The van der Waals surface area contributed by atoms with E-state index in [1.165, 1.54) is 0 Å². The minimum absolute atomic E-state index is 0.0730. The first-order chi connectivity index (χ1) is 9.13. The third kappa shape index (κ3) is 6.18. The standard InChI is InChI=1S/C16H23NO2/c1-3-4-6-11-16(12-14(2)18)17(19)13-15-9-7-5-8-10-15/h5,7-10,13,16H,3-4,6,11-12H2,1-2H3/b17-13-. The number of nitrogens with zero attached hydrogens (tertiary/aromatic N) is 1. The summed E-state index contributed by atoms with van der Waals surface area (Å²) in [5, 5.41) is 12.2. The molecule has 0 aliphatic heterocycles. The van der Waals surface area contributed by atoms with Gasteiger partial charge in [0.2, 0.25) is 0 Å². The summed E-state index contributed by atoms with van der Waals surface area (Å²) < 4.78 is 0.951. The van der Waals surface area contributed by atoms with E-state index in [2.05, 4.69) is 6.92 Å². The fraction of sp³-hybridized carbons (Fsp3) is 0.500. The molecule has 1 aromatic rings. The van der Waals surface area contributed by atoms with Crippen LogP contribution in [0, 0.1) is 5.21 Å². The second-order valence-electron chi connectivity index (χ2n) is 4.96. The topological polar surface area (TPSA) is 43.1 Å². The zero-order valence-electron chi connectivity index (χ0n) is 11.8. The van der Waals surface area contributed by atoms with Crippen molar-refractivity contribution in [2.75, 3.05) is 0 Å². The van der Waals surface area contributed by atoms with Gasteiger partial charge in [-0.25, -0.2) is 4.74 Å². The molecule has 0 aliphatic carbocycles. The van der Waals surface area contributed by atoms with Crippen LogP contribution in [0.15, 0.2) is 30.3 Å². The molecule has 0 saturated carbocycles. The molecule has 1 unspecified atom stereocenters. The van der Waals surface area contributed by atoms with Gasteiger partial charge in [0.05, 0.1) is 6.42 Å². The van der Waals surface area contributed by atoms with Gasteiger partial charge in [0.1, 0.15) is 5.78 Å². The molecule has 104 valence electrons. The van der Waals surface area contributed by atoms with Gasteiger partial charge >= 0.3 is 0 Å². The normalized spacial score (nSPS) is 13.3. The van der Waals surface area contributed by atoms with Crippen LogP contribution in [0.3, 0.4) is 0 Å². The Kier molecular flexibility index (Phi) is 6.86. The molecule has 1 aromatic carbocycles. The fourth-order valence-corrected chi connectivity index (χ4v) is 2.07. The van der Waals surface area contributed by atoms with Crippen LogP contribution >= 0.6 is 0 Å². The molecule has 0 saturated heterocycles. The summed E-state index contributed by atoms with van der Waals surface area (Å²) in [6, 6.07) is 9.27. The van der Waals surface area contributed by atoms with Gasteiger partial charge in [0, 0.05) is 12.0 Å². The molecule has 0 heterocycles. The summed E-state index contributed by atoms with van der Waals surface area (Å²) in [5.41, 5.74) is 0.876. The number of hydrogen-bond acceptors (Lipinski definition) is 2. The highest BCUT2D eigenvalue weighted by molar-refractivity contribution is 5.77. The maximum Gasteiger partial charge on any atom is 0.182 e. The number of ketones is 1. The first-order valence-electron chi connectivity index (χ1n) is 6.98. The first kappa shape index (κ1) is 15.4. The lowest BCUT2D eigenvalue weighted by Crippen LogP contribution is -2.25. The average Bonchev–Trinajstić information content (AvgIpc) is 2.38. The van der Waals surface area contributed by atoms with Gasteiger partial charge in [-0.05, 0) is 25.5 Å². The van der Waals surface area contributed by atoms with Crippen molar-refractivity contribution < 1.29 is 9.53 Å². The highest BCUT2D eigenvalue weighted by Crippen LogP contribution is 2.10. The molecule has 0 aromatic heterocycles. The van der Waals surface area contributed by atoms with Gasteiger partial charge in [-0.2, -0.15) is 0 Å². The molecule has 3 heteroatoms. The van der Waals surface area contributed by atoms with Gasteiger partial charge in [-0.15, -0.1) is 0 Å². The number of carbonyl (C=O) groups excluding carboxylic acids is 1. The van der Waals surface area contributed by atoms with Crippen LogP contribution in [0.2, 0.25) is 0 Å². The first-order valence-corrected chi connectivity index (χ1v) is 6.98. The molecule has 0 radical (unpaired) electrons. The molecule has 0 aliphatic rings. The largest absolute Gasteiger partial charge is 0.624 e. The highest BCUT2D eigenvalue weighted by atomic mass is 16.5. The van der Waals surface area contributed by atoms with Crippen LogP contribution in [0.25, 0.3) is 0 Å². The van der Waals surface area contributed by atoms with Crippen LogP contribution in [0.5, 0.6) is 0 Å². The van der Waals surface area contributed by atoms with Crippen molar-refractivity contribution >= 4 is 12.0 Å². The quantitative estimate of drug-likeness (QED) is 0.236. The Morgan fingerprint density at radius 1 is 1.32 bits per heavy atom. The predicted molar refractivity (Wildman–Crippen MR) is 78.5 cm³/mol. The summed E-state index contributed by atoms with van der Waals surface area (Å²) in [6.07, 6.45) is 5.91. The maximum atomic E-state index is 12.2. The highest BCUT2D eigenvalue weighted by Gasteiger charge is 2.18. The van der Waals surface area contributed by atoms with Crippen molar-refractivity contribution in [1.82, 2.24) is 0 Å². The molecule has 0 bridgehead atoms. The molecule has 0 amide bonds. The second kappa shape index (κ2) is 8.46. The van der Waals surface area contributed by atoms with Gasteiger partial charge in [0.15, 0.2) is 12.3 Å². The molecule has 0 fully saturated rings. The summed E-state index contributed by atoms with van der Waals surface area (Å²) >= 11 is 0. The Labute approximate surface area is 115 Å². The molecule has 19 heavy (non-hydrogen) atoms. The van der Waals surface area contributed by atoms with E-state index in [-0.39, 0.29) is 11.8 Å². The summed E-state index contributed by atoms with van der Waals surface area (Å²) in [5.74, 6) is 0.0730. The third-order valence-electron chi connectivity index (χ3n) is 3.10. The van der Waals surface area contributed by atoms with E-state index in [0.717, 1.165) is 36.0 Å². The number of unbranched alkanes of at least 4 members (excludes halogenated alkanes) is 2. The SMILES string of the molecule is CCCCCC(CC(C)=O)/[N+]([O-])=C/c1ccccc1. The predicted octanol–water partition coefficient (Wildman–Crippen LogP) is 3.54. The molecule has 0 spiro atoms. The number of benzene rings is 1. The molecule has 1 atom stereocenters. The molecule has 3 nitrogen and oxygen atoms in total. The van der Waals surface area contributed by atoms with Gasteiger partial charge in [-0.1, -0.05) is 38.0 Å². The van der Waals surface area contributed by atoms with E-state index in [4.69, 9.17) is 0 Å². The molecular formula is C16H23NO2. The number of carbonyl (C=O) groups is 1. The minimum Gasteiger partial charge on any atom is -0.624 e. The molecule has 0 N–H and O–H groups in total. The zero-order valence-corrected chi connectivity index (χ0v) is 11.8. The van der Waals surface area contributed by atoms with Crippen LogP contribution < -0.4 is 0 Å². The number of rotatable bonds is 8. The number of hydroxylamine groups is 1. The second-order valence-corrected chi connectivity index (χ2v) is 4.96. The van der Waals surface area contributed by atoms with Crippen molar-refractivity contribution in [2.45, 2.75) is 52.0 Å². The summed E-state index contributed by atoms with van der Waals surface area (Å²) in [7, 11) is 0. The lowest BCUT2D eigenvalue weighted by molar-refractivity contribution is -0.496. The van der Waals surface area contributed by atoms with E-state index in [0.29, 0.717) is 6.42 Å². The Bertz CT molecular complexity index is 412. The van der Waals surface area contributed by atoms with E-state index in [9.17, 15) is 10.0 Å². The van der Waals surface area contributed by atoms with Gasteiger partial charge in [-0.3, -0.25) is 4.79 Å². The van der Waals surface area contributed by atoms with Crippen LogP contribution in [-0.2, 0) is 4.79 Å². The Morgan fingerprint density at radius 3 is 2.58 bits per heavy atom. The molecule has 1 rings (SSSR count). The van der Waals surface area contributed by atoms with Crippen molar-refractivity contribution in [3.8, 4) is 0 Å². The Balaban J connectivity index is 2.72. The maximum absolute atomic E-state index is 12.2. The summed E-state index contributed by atoms with van der Waals surface area (Å²) in [6.45, 7) is 3.67. The monoisotopic (exact) mass is 261 g/mol. The molecular weight excluding hydrogens is 238 g/mol. The lowest BCUT2D eigenvalue weighted by atomic mass is 10.0. The number of Topliss-reactive ketones (excluding diaryl/α,β-unsaturated/α-hetero) is 1. The Hall–Kier alpha value is -1.64. The Morgan fingerprint density at radius 2 is 2.00 bits per heavy atom. The minimum atomic E-state index is -0.232. The zero-order chi connectivity index (χ0) is 14.1. The fourth-order valence-electron chi connectivity index (χ4n) is 2.07. The average molecular weight is 261 g/mol. The van der Waals surface area contributed by atoms with Crippen molar-refractivity contribution in [3.05, 3.63) is 41.1 Å². The lowest BCUT2D eigenvalue weighted by Gasteiger charge is -2.15. The van der Waals surface area contributed by atoms with Crippen LogP contribution in [0.4, 0.5) is 0 Å². The van der Waals surface area contributed by atoms with Crippen LogP contribution in [-0.4, -0.2) is 22.8 Å². The van der Waals surface area contributed by atoms with E-state index >= 15 is 0 Å². The number of hydrogen-bond donors (Lipinski definition) is 0. The smallest absolute Gasteiger partial charge is 0.182 e. The third-order valence-corrected chi connectivity index (χ3v) is 3.10. The van der Waals surface area contributed by atoms with E-state index in [1.54, 1.807) is 13.1 Å². The van der Waals surface area contributed by atoms with Crippen LogP contribution in [0.1, 0.15) is 51.5 Å². The summed E-state index contributed by atoms with van der Waals surface area (Å²) in [4.78, 5) is 11.3. The van der Waals surface area contributed by atoms with E-state index < -0.39 is 0 Å². The van der Waals surface area contributed by atoms with Gasteiger partial charge < -0.3 is 5.21 Å². The van der Waals surface area contributed by atoms with Crippen molar-refractivity contribution in [2.24, 2.45) is 0 Å². The van der Waals surface area contributed by atoms with Gasteiger partial charge in [0.25, 0.3) is 0 Å².